The zero-order valence-corrected chi connectivity index (χ0v) is 11.2. The van der Waals surface area contributed by atoms with E-state index in [-0.39, 0.29) is 0 Å². The number of ether oxygens (including phenoxy) is 1. The number of carbonyl (C=O) groups excluding carboxylic acids is 1. The van der Waals surface area contributed by atoms with Crippen molar-refractivity contribution in [3.05, 3.63) is 42.1 Å². The minimum Gasteiger partial charge on any atom is -0.440 e. The second-order valence-electron chi connectivity index (χ2n) is 4.52. The number of benzene rings is 1. The van der Waals surface area contributed by atoms with E-state index in [2.05, 4.69) is 9.72 Å². The van der Waals surface area contributed by atoms with Crippen LogP contribution in [-0.2, 0) is 9.53 Å². The highest BCUT2D eigenvalue weighted by molar-refractivity contribution is 5.93. The van der Waals surface area contributed by atoms with Crippen molar-refractivity contribution in [2.45, 2.75) is 18.5 Å². The molecule has 1 N–H and O–H groups in total. The van der Waals surface area contributed by atoms with Gasteiger partial charge in [-0.05, 0) is 23.8 Å². The Morgan fingerprint density at radius 3 is 2.35 bits per heavy atom. The van der Waals surface area contributed by atoms with Gasteiger partial charge in [-0.3, -0.25) is 0 Å². The van der Waals surface area contributed by atoms with E-state index in [1.54, 1.807) is 30.5 Å². The van der Waals surface area contributed by atoms with Gasteiger partial charge in [-0.2, -0.15) is 26.3 Å². The van der Waals surface area contributed by atoms with Crippen molar-refractivity contribution in [2.24, 2.45) is 0 Å². The summed E-state index contributed by atoms with van der Waals surface area (Å²) in [5.41, 5.74) is 1.14. The molecule has 124 valence electrons. The Hall–Kier alpha value is -2.45. The zero-order chi connectivity index (χ0) is 17.3. The average molecular weight is 337 g/mol. The van der Waals surface area contributed by atoms with Crippen molar-refractivity contribution in [2.75, 3.05) is 0 Å². The summed E-state index contributed by atoms with van der Waals surface area (Å²) in [6.07, 6.45) is -12.4. The SMILES string of the molecule is O=C(/C=C/c1cccc2[nH]ccc12)OC(C(F)(F)F)C(F)(F)F. The summed E-state index contributed by atoms with van der Waals surface area (Å²) in [7, 11) is 0. The highest BCUT2D eigenvalue weighted by Crippen LogP contribution is 2.35. The zero-order valence-electron chi connectivity index (χ0n) is 11.2. The number of aromatic amines is 1. The number of rotatable bonds is 3. The number of aromatic nitrogens is 1. The third-order valence-electron chi connectivity index (χ3n) is 2.86. The van der Waals surface area contributed by atoms with E-state index >= 15 is 0 Å². The van der Waals surface area contributed by atoms with Gasteiger partial charge in [0.05, 0.1) is 0 Å². The molecule has 2 aromatic rings. The molecule has 0 atom stereocenters. The van der Waals surface area contributed by atoms with Crippen LogP contribution in [0.3, 0.4) is 0 Å². The topological polar surface area (TPSA) is 42.1 Å². The number of H-pyrrole nitrogens is 1. The van der Waals surface area contributed by atoms with E-state index in [1.165, 1.54) is 0 Å². The molecule has 0 amide bonds. The van der Waals surface area contributed by atoms with E-state index in [0.717, 1.165) is 6.08 Å². The van der Waals surface area contributed by atoms with Gasteiger partial charge in [0.15, 0.2) is 0 Å². The van der Waals surface area contributed by atoms with Crippen molar-refractivity contribution in [3.63, 3.8) is 0 Å². The van der Waals surface area contributed by atoms with E-state index in [9.17, 15) is 31.1 Å². The Morgan fingerprint density at radius 2 is 1.74 bits per heavy atom. The predicted molar refractivity (Wildman–Crippen MR) is 69.3 cm³/mol. The molecule has 9 heteroatoms. The molecule has 23 heavy (non-hydrogen) atoms. The summed E-state index contributed by atoms with van der Waals surface area (Å²) in [4.78, 5) is 14.1. The predicted octanol–water partition coefficient (Wildman–Crippen LogP) is 4.22. The van der Waals surface area contributed by atoms with Gasteiger partial charge < -0.3 is 9.72 Å². The van der Waals surface area contributed by atoms with Gasteiger partial charge in [-0.25, -0.2) is 4.79 Å². The van der Waals surface area contributed by atoms with Crippen LogP contribution in [0.2, 0.25) is 0 Å². The minimum absolute atomic E-state index is 0.441. The summed E-state index contributed by atoms with van der Waals surface area (Å²) >= 11 is 0. The monoisotopic (exact) mass is 337 g/mol. The van der Waals surface area contributed by atoms with Crippen LogP contribution in [0.1, 0.15) is 5.56 Å². The van der Waals surface area contributed by atoms with Crippen molar-refractivity contribution in [3.8, 4) is 0 Å². The Morgan fingerprint density at radius 1 is 1.09 bits per heavy atom. The fourth-order valence-electron chi connectivity index (χ4n) is 1.89. The number of alkyl halides is 6. The van der Waals surface area contributed by atoms with Crippen LogP contribution in [0.4, 0.5) is 26.3 Å². The van der Waals surface area contributed by atoms with E-state index < -0.39 is 24.4 Å². The van der Waals surface area contributed by atoms with Crippen LogP contribution in [0.5, 0.6) is 0 Å². The number of fused-ring (bicyclic) bond motifs is 1. The molecule has 3 nitrogen and oxygen atoms in total. The van der Waals surface area contributed by atoms with E-state index in [1.807, 2.05) is 0 Å². The van der Waals surface area contributed by atoms with E-state index in [4.69, 9.17) is 0 Å². The van der Waals surface area contributed by atoms with Crippen molar-refractivity contribution in [1.82, 2.24) is 4.98 Å². The lowest BCUT2D eigenvalue weighted by Gasteiger charge is -2.22. The maximum absolute atomic E-state index is 12.3. The van der Waals surface area contributed by atoms with Gasteiger partial charge in [0.2, 0.25) is 0 Å². The van der Waals surface area contributed by atoms with Crippen LogP contribution < -0.4 is 0 Å². The van der Waals surface area contributed by atoms with Gasteiger partial charge in [0.25, 0.3) is 6.10 Å². The van der Waals surface area contributed by atoms with Gasteiger partial charge >= 0.3 is 18.3 Å². The molecular formula is C14H9F6NO2. The molecule has 0 saturated heterocycles. The number of hydrogen-bond donors (Lipinski definition) is 1. The Kier molecular flexibility index (Phi) is 4.39. The highest BCUT2D eigenvalue weighted by atomic mass is 19.4. The third-order valence-corrected chi connectivity index (χ3v) is 2.86. The lowest BCUT2D eigenvalue weighted by atomic mass is 10.1. The molecular weight excluding hydrogens is 328 g/mol. The molecule has 0 spiro atoms. The van der Waals surface area contributed by atoms with E-state index in [0.29, 0.717) is 22.5 Å². The Bertz CT molecular complexity index is 715. The second-order valence-corrected chi connectivity index (χ2v) is 4.52. The standard InChI is InChI=1S/C14H9F6NO2/c15-13(16,17)12(14(18,19)20)23-11(22)5-4-8-2-1-3-10-9(8)6-7-21-10/h1-7,12,21H/b5-4+. The largest absolute Gasteiger partial charge is 0.440 e. The minimum atomic E-state index is -5.73. The molecule has 2 rings (SSSR count). The van der Waals surface area contributed by atoms with Gasteiger partial charge in [-0.15, -0.1) is 0 Å². The Labute approximate surface area is 125 Å². The van der Waals surface area contributed by atoms with Crippen LogP contribution in [0, 0.1) is 0 Å². The highest BCUT2D eigenvalue weighted by Gasteiger charge is 2.59. The molecule has 1 heterocycles. The first-order valence-electron chi connectivity index (χ1n) is 6.17. The smallest absolute Gasteiger partial charge is 0.434 e. The van der Waals surface area contributed by atoms with Crippen LogP contribution in [-0.4, -0.2) is 29.4 Å². The van der Waals surface area contributed by atoms with Crippen molar-refractivity contribution >= 4 is 22.9 Å². The summed E-state index contributed by atoms with van der Waals surface area (Å²) < 4.78 is 77.2. The second kappa shape index (κ2) is 5.98. The molecule has 0 radical (unpaired) electrons. The summed E-state index contributed by atoms with van der Waals surface area (Å²) in [6.45, 7) is 0. The van der Waals surface area contributed by atoms with Gasteiger partial charge in [0.1, 0.15) is 0 Å². The van der Waals surface area contributed by atoms with Gasteiger partial charge in [-0.1, -0.05) is 12.1 Å². The van der Waals surface area contributed by atoms with Crippen LogP contribution in [0.25, 0.3) is 17.0 Å². The summed E-state index contributed by atoms with van der Waals surface area (Å²) in [6, 6.07) is 6.52. The average Bonchev–Trinajstić information content (AvgIpc) is 2.88. The lowest BCUT2D eigenvalue weighted by molar-refractivity contribution is -0.312. The molecule has 0 aliphatic heterocycles. The molecule has 1 aromatic carbocycles. The normalized spacial score (nSPS) is 13.2. The maximum atomic E-state index is 12.3. The van der Waals surface area contributed by atoms with Crippen LogP contribution >= 0.6 is 0 Å². The molecule has 1 aromatic heterocycles. The van der Waals surface area contributed by atoms with Crippen LogP contribution in [0.15, 0.2) is 36.5 Å². The first-order chi connectivity index (χ1) is 10.6. The molecule has 0 saturated carbocycles. The molecule has 0 aliphatic rings. The molecule has 0 unspecified atom stereocenters. The maximum Gasteiger partial charge on any atom is 0.434 e. The number of nitrogens with one attached hydrogen (secondary N) is 1. The van der Waals surface area contributed by atoms with Gasteiger partial charge in [0, 0.05) is 23.2 Å². The third kappa shape index (κ3) is 4.05. The summed E-state index contributed by atoms with van der Waals surface area (Å²) in [5, 5.41) is 0.653. The number of esters is 1. The quantitative estimate of drug-likeness (QED) is 0.518. The molecule has 0 bridgehead atoms. The number of carbonyl (C=O) groups is 1. The first-order valence-corrected chi connectivity index (χ1v) is 6.17. The fourth-order valence-corrected chi connectivity index (χ4v) is 1.89. The van der Waals surface area contributed by atoms with Crippen molar-refractivity contribution in [1.29, 1.82) is 0 Å². The van der Waals surface area contributed by atoms with Crippen molar-refractivity contribution < 1.29 is 35.9 Å². The lowest BCUT2D eigenvalue weighted by Crippen LogP contribution is -2.45. The fraction of sp³-hybridized carbons (Fsp3) is 0.214. The number of halogens is 6. The summed E-state index contributed by atoms with van der Waals surface area (Å²) in [5.74, 6) is -1.74. The number of hydrogen-bond acceptors (Lipinski definition) is 2. The molecule has 0 aliphatic carbocycles. The molecule has 0 fully saturated rings. The first kappa shape index (κ1) is 16.9. The Balaban J connectivity index is 2.17.